The van der Waals surface area contributed by atoms with Crippen molar-refractivity contribution in [3.05, 3.63) is 40.2 Å². The van der Waals surface area contributed by atoms with Gasteiger partial charge in [0.05, 0.1) is 5.69 Å². The van der Waals surface area contributed by atoms with Crippen molar-refractivity contribution in [2.45, 2.75) is 6.54 Å². The average molecular weight is 319 g/mol. The van der Waals surface area contributed by atoms with Crippen LogP contribution in [0.15, 0.2) is 27.3 Å². The molecular formula is C11H9BrF2N2O2. The molecule has 7 heteroatoms. The van der Waals surface area contributed by atoms with Crippen molar-refractivity contribution in [2.24, 2.45) is 0 Å². The van der Waals surface area contributed by atoms with Crippen molar-refractivity contribution >= 4 is 15.9 Å². The molecule has 4 nitrogen and oxygen atoms in total. The zero-order valence-electron chi connectivity index (χ0n) is 9.34. The normalized spacial score (nSPS) is 10.7. The summed E-state index contributed by atoms with van der Waals surface area (Å²) in [6, 6.07) is 2.30. The van der Waals surface area contributed by atoms with Gasteiger partial charge in [0.2, 0.25) is 5.82 Å². The van der Waals surface area contributed by atoms with Gasteiger partial charge in [-0.2, -0.15) is 9.37 Å². The second kappa shape index (κ2) is 5.45. The Morgan fingerprint density at radius 1 is 1.44 bits per heavy atom. The maximum absolute atomic E-state index is 13.4. The molecule has 0 amide bonds. The van der Waals surface area contributed by atoms with Crippen molar-refractivity contribution in [1.82, 2.24) is 10.3 Å². The van der Waals surface area contributed by atoms with E-state index in [1.807, 2.05) is 0 Å². The van der Waals surface area contributed by atoms with Gasteiger partial charge in [-0.15, -0.1) is 0 Å². The highest BCUT2D eigenvalue weighted by molar-refractivity contribution is 9.10. The molecule has 0 saturated heterocycles. The average Bonchev–Trinajstić information content (AvgIpc) is 2.73. The van der Waals surface area contributed by atoms with Gasteiger partial charge in [-0.1, -0.05) is 15.9 Å². The van der Waals surface area contributed by atoms with Crippen LogP contribution >= 0.6 is 15.9 Å². The van der Waals surface area contributed by atoms with E-state index in [4.69, 9.17) is 9.15 Å². The Morgan fingerprint density at radius 2 is 2.22 bits per heavy atom. The van der Waals surface area contributed by atoms with Gasteiger partial charge in [0.1, 0.15) is 6.26 Å². The number of nitrogens with one attached hydrogen (secondary N) is 1. The molecule has 1 heterocycles. The van der Waals surface area contributed by atoms with E-state index in [1.165, 1.54) is 12.3 Å². The fourth-order valence-electron chi connectivity index (χ4n) is 1.30. The minimum Gasteiger partial charge on any atom is -0.417 e. The van der Waals surface area contributed by atoms with Gasteiger partial charge < -0.3 is 14.5 Å². The zero-order chi connectivity index (χ0) is 13.1. The zero-order valence-corrected chi connectivity index (χ0v) is 10.9. The van der Waals surface area contributed by atoms with Crippen LogP contribution in [0, 0.1) is 11.6 Å². The van der Waals surface area contributed by atoms with Gasteiger partial charge in [0, 0.05) is 11.0 Å². The number of hydrogen-bond acceptors (Lipinski definition) is 4. The summed E-state index contributed by atoms with van der Waals surface area (Å²) in [5.41, 5.74) is 0.600. The van der Waals surface area contributed by atoms with Crippen LogP contribution in [-0.2, 0) is 6.54 Å². The minimum atomic E-state index is -1.09. The fraction of sp³-hybridized carbons (Fsp3) is 0.182. The molecule has 1 N–H and O–H groups in total. The van der Waals surface area contributed by atoms with E-state index in [9.17, 15) is 8.78 Å². The summed E-state index contributed by atoms with van der Waals surface area (Å²) in [5.74, 6) is -2.40. The third-order valence-corrected chi connectivity index (χ3v) is 2.50. The van der Waals surface area contributed by atoms with Crippen LogP contribution in [0.5, 0.6) is 11.8 Å². The third-order valence-electron chi connectivity index (χ3n) is 2.05. The smallest absolute Gasteiger partial charge is 0.399 e. The molecule has 96 valence electrons. The molecule has 0 radical (unpaired) electrons. The molecule has 1 aromatic heterocycles. The molecule has 0 spiro atoms. The predicted molar refractivity (Wildman–Crippen MR) is 63.4 cm³/mol. The lowest BCUT2D eigenvalue weighted by Gasteiger charge is -2.03. The van der Waals surface area contributed by atoms with E-state index in [0.717, 1.165) is 6.07 Å². The van der Waals surface area contributed by atoms with Crippen LogP contribution < -0.4 is 10.1 Å². The Labute approximate surface area is 110 Å². The van der Waals surface area contributed by atoms with Gasteiger partial charge in [0.15, 0.2) is 11.6 Å². The fourth-order valence-corrected chi connectivity index (χ4v) is 1.71. The number of oxazole rings is 1. The summed E-state index contributed by atoms with van der Waals surface area (Å²) in [7, 11) is 1.75. The van der Waals surface area contributed by atoms with Crippen LogP contribution in [0.1, 0.15) is 5.69 Å². The monoisotopic (exact) mass is 318 g/mol. The van der Waals surface area contributed by atoms with E-state index in [2.05, 4.69) is 26.2 Å². The number of halogens is 3. The maximum atomic E-state index is 13.4. The van der Waals surface area contributed by atoms with E-state index in [1.54, 1.807) is 7.05 Å². The number of ether oxygens (including phenoxy) is 1. The summed E-state index contributed by atoms with van der Waals surface area (Å²) in [5, 5.41) is 2.87. The molecule has 0 bridgehead atoms. The van der Waals surface area contributed by atoms with E-state index >= 15 is 0 Å². The number of nitrogens with zero attached hydrogens (tertiary/aromatic N) is 1. The van der Waals surface area contributed by atoms with Crippen LogP contribution in [-0.4, -0.2) is 12.0 Å². The van der Waals surface area contributed by atoms with Crippen LogP contribution in [0.2, 0.25) is 0 Å². The van der Waals surface area contributed by atoms with Gasteiger partial charge >= 0.3 is 6.08 Å². The third kappa shape index (κ3) is 2.85. The SMILES string of the molecule is CNCc1coc(Oc2cc(Br)cc(F)c2F)n1. The Hall–Kier alpha value is -1.47. The first kappa shape index (κ1) is 13.0. The number of hydrogen-bond donors (Lipinski definition) is 1. The molecule has 1 aromatic carbocycles. The molecule has 0 aliphatic carbocycles. The van der Waals surface area contributed by atoms with Gasteiger partial charge in [-0.05, 0) is 19.2 Å². The lowest BCUT2D eigenvalue weighted by molar-refractivity contribution is 0.312. The Kier molecular flexibility index (Phi) is 3.93. The largest absolute Gasteiger partial charge is 0.417 e. The standard InChI is InChI=1S/C11H9BrF2N2O2/c1-15-4-7-5-17-11(16-7)18-9-3-6(12)2-8(13)10(9)14/h2-3,5,15H,4H2,1H3. The lowest BCUT2D eigenvalue weighted by atomic mass is 10.3. The van der Waals surface area contributed by atoms with Gasteiger partial charge in [-0.3, -0.25) is 0 Å². The predicted octanol–water partition coefficient (Wildman–Crippen LogP) is 3.23. The second-order valence-corrected chi connectivity index (χ2v) is 4.35. The molecule has 18 heavy (non-hydrogen) atoms. The van der Waals surface area contributed by atoms with Gasteiger partial charge in [-0.25, -0.2) is 4.39 Å². The summed E-state index contributed by atoms with van der Waals surface area (Å²) < 4.78 is 36.9. The lowest BCUT2D eigenvalue weighted by Crippen LogP contribution is -2.04. The summed E-state index contributed by atoms with van der Waals surface area (Å²) in [6.07, 6.45) is 1.23. The number of aromatic nitrogens is 1. The van der Waals surface area contributed by atoms with Crippen LogP contribution in [0.4, 0.5) is 8.78 Å². The van der Waals surface area contributed by atoms with Crippen LogP contribution in [0.25, 0.3) is 0 Å². The topological polar surface area (TPSA) is 47.3 Å². The van der Waals surface area contributed by atoms with Crippen molar-refractivity contribution in [3.63, 3.8) is 0 Å². The molecule has 0 atom stereocenters. The van der Waals surface area contributed by atoms with E-state index in [-0.39, 0.29) is 11.8 Å². The molecule has 2 rings (SSSR count). The Balaban J connectivity index is 2.22. The van der Waals surface area contributed by atoms with Crippen molar-refractivity contribution in [2.75, 3.05) is 7.05 Å². The molecule has 2 aromatic rings. The summed E-state index contributed by atoms with van der Waals surface area (Å²) in [4.78, 5) is 3.94. The first-order valence-corrected chi connectivity index (χ1v) is 5.81. The summed E-state index contributed by atoms with van der Waals surface area (Å²) in [6.45, 7) is 0.488. The van der Waals surface area contributed by atoms with Gasteiger partial charge in [0.25, 0.3) is 0 Å². The van der Waals surface area contributed by atoms with Crippen LogP contribution in [0.3, 0.4) is 0 Å². The quantitative estimate of drug-likeness (QED) is 0.879. The second-order valence-electron chi connectivity index (χ2n) is 3.44. The number of rotatable bonds is 4. The first-order valence-electron chi connectivity index (χ1n) is 5.01. The maximum Gasteiger partial charge on any atom is 0.399 e. The van der Waals surface area contributed by atoms with E-state index < -0.39 is 11.6 Å². The molecule has 0 saturated carbocycles. The summed E-state index contributed by atoms with van der Waals surface area (Å²) >= 11 is 3.04. The Bertz CT molecular complexity index is 560. The molecular weight excluding hydrogens is 310 g/mol. The minimum absolute atomic E-state index is 0.142. The highest BCUT2D eigenvalue weighted by Crippen LogP contribution is 2.29. The highest BCUT2D eigenvalue weighted by atomic mass is 79.9. The Morgan fingerprint density at radius 3 is 2.94 bits per heavy atom. The number of benzene rings is 1. The highest BCUT2D eigenvalue weighted by Gasteiger charge is 2.14. The molecule has 0 unspecified atom stereocenters. The molecule has 0 fully saturated rings. The van der Waals surface area contributed by atoms with Crippen molar-refractivity contribution in [3.8, 4) is 11.8 Å². The van der Waals surface area contributed by atoms with Crippen molar-refractivity contribution < 1.29 is 17.9 Å². The van der Waals surface area contributed by atoms with Crippen molar-refractivity contribution in [1.29, 1.82) is 0 Å². The molecule has 0 aliphatic rings. The molecule has 0 aliphatic heterocycles. The first-order chi connectivity index (χ1) is 8.60. The van der Waals surface area contributed by atoms with E-state index in [0.29, 0.717) is 16.7 Å².